The van der Waals surface area contributed by atoms with Crippen molar-refractivity contribution in [1.82, 2.24) is 0 Å². The van der Waals surface area contributed by atoms with Gasteiger partial charge in [0, 0.05) is 23.8 Å². The van der Waals surface area contributed by atoms with Crippen LogP contribution in [0.1, 0.15) is 25.0 Å². The first-order chi connectivity index (χ1) is 12.9. The third kappa shape index (κ3) is 4.50. The van der Waals surface area contributed by atoms with Crippen molar-refractivity contribution in [3.63, 3.8) is 0 Å². The van der Waals surface area contributed by atoms with Gasteiger partial charge in [-0.15, -0.1) is 0 Å². The Kier molecular flexibility index (Phi) is 5.50. The van der Waals surface area contributed by atoms with Gasteiger partial charge in [-0.25, -0.2) is 4.57 Å². The standard InChI is InChI=1S/C22H23N2O3/c1-16(2)27-22-14-20(17(3)13-21(22)24(25)26)19-9-11-23(12-10-19)15-18-7-5-4-6-8-18/h4-14,16H,15H2,1-3H3/q+1. The fourth-order valence-corrected chi connectivity index (χ4v) is 3.01. The zero-order valence-electron chi connectivity index (χ0n) is 15.8. The fourth-order valence-electron chi connectivity index (χ4n) is 3.01. The van der Waals surface area contributed by atoms with Crippen LogP contribution < -0.4 is 9.30 Å². The van der Waals surface area contributed by atoms with Gasteiger partial charge in [-0.05, 0) is 43.5 Å². The monoisotopic (exact) mass is 363 g/mol. The smallest absolute Gasteiger partial charge is 0.311 e. The average Bonchev–Trinajstić information content (AvgIpc) is 2.64. The highest BCUT2D eigenvalue weighted by Crippen LogP contribution is 2.35. The first kappa shape index (κ1) is 18.6. The van der Waals surface area contributed by atoms with Gasteiger partial charge in [-0.2, -0.15) is 0 Å². The summed E-state index contributed by atoms with van der Waals surface area (Å²) in [6, 6.07) is 17.6. The van der Waals surface area contributed by atoms with Crippen LogP contribution in [0, 0.1) is 17.0 Å². The number of pyridine rings is 1. The largest absolute Gasteiger partial charge is 0.484 e. The van der Waals surface area contributed by atoms with Crippen molar-refractivity contribution in [2.24, 2.45) is 0 Å². The van der Waals surface area contributed by atoms with E-state index in [0.29, 0.717) is 5.75 Å². The summed E-state index contributed by atoms with van der Waals surface area (Å²) < 4.78 is 7.78. The number of ether oxygens (including phenoxy) is 1. The molecular formula is C22H23N2O3+. The average molecular weight is 363 g/mol. The number of aromatic nitrogens is 1. The molecule has 0 radical (unpaired) electrons. The van der Waals surface area contributed by atoms with E-state index in [1.54, 1.807) is 12.1 Å². The number of nitrogens with zero attached hydrogens (tertiary/aromatic N) is 2. The van der Waals surface area contributed by atoms with Crippen LogP contribution in [0.15, 0.2) is 67.0 Å². The first-order valence-corrected chi connectivity index (χ1v) is 8.93. The molecule has 0 spiro atoms. The number of nitro benzene ring substituents is 1. The van der Waals surface area contributed by atoms with Gasteiger partial charge in [0.25, 0.3) is 0 Å². The Morgan fingerprint density at radius 3 is 2.33 bits per heavy atom. The minimum absolute atomic E-state index is 0.0000211. The minimum atomic E-state index is -0.396. The van der Waals surface area contributed by atoms with Gasteiger partial charge in [0.2, 0.25) is 0 Å². The number of aryl methyl sites for hydroxylation is 1. The molecular weight excluding hydrogens is 340 g/mol. The lowest BCUT2D eigenvalue weighted by Gasteiger charge is -2.13. The Hall–Kier alpha value is -3.21. The molecule has 0 fully saturated rings. The normalized spacial score (nSPS) is 10.8. The number of benzene rings is 2. The molecule has 0 unspecified atom stereocenters. The van der Waals surface area contributed by atoms with Gasteiger partial charge in [0.1, 0.15) is 0 Å². The van der Waals surface area contributed by atoms with Gasteiger partial charge in [0.05, 0.1) is 11.0 Å². The van der Waals surface area contributed by atoms with Crippen molar-refractivity contribution >= 4 is 5.69 Å². The van der Waals surface area contributed by atoms with E-state index in [0.717, 1.165) is 23.2 Å². The van der Waals surface area contributed by atoms with Crippen LogP contribution >= 0.6 is 0 Å². The molecule has 0 N–H and O–H groups in total. The van der Waals surface area contributed by atoms with Crippen molar-refractivity contribution in [3.8, 4) is 16.9 Å². The summed E-state index contributed by atoms with van der Waals surface area (Å²) in [6.07, 6.45) is 3.90. The van der Waals surface area contributed by atoms with Crippen molar-refractivity contribution < 1.29 is 14.2 Å². The van der Waals surface area contributed by atoms with Crippen LogP contribution in [-0.2, 0) is 6.54 Å². The molecule has 138 valence electrons. The second-order valence-electron chi connectivity index (χ2n) is 6.80. The van der Waals surface area contributed by atoms with E-state index in [-0.39, 0.29) is 11.8 Å². The van der Waals surface area contributed by atoms with Gasteiger partial charge in [0.15, 0.2) is 24.7 Å². The number of rotatable bonds is 6. The van der Waals surface area contributed by atoms with Gasteiger partial charge < -0.3 is 4.74 Å². The van der Waals surface area contributed by atoms with E-state index < -0.39 is 4.92 Å². The van der Waals surface area contributed by atoms with Crippen LogP contribution in [-0.4, -0.2) is 11.0 Å². The molecule has 0 saturated heterocycles. The minimum Gasteiger partial charge on any atom is -0.484 e. The van der Waals surface area contributed by atoms with Crippen molar-refractivity contribution in [2.45, 2.75) is 33.4 Å². The van der Waals surface area contributed by atoms with Crippen LogP contribution in [0.5, 0.6) is 5.75 Å². The Morgan fingerprint density at radius 1 is 1.07 bits per heavy atom. The maximum atomic E-state index is 11.3. The molecule has 0 aliphatic rings. The topological polar surface area (TPSA) is 56.3 Å². The summed E-state index contributed by atoms with van der Waals surface area (Å²) in [4.78, 5) is 10.9. The first-order valence-electron chi connectivity index (χ1n) is 8.93. The predicted octanol–water partition coefficient (Wildman–Crippen LogP) is 4.69. The van der Waals surface area contributed by atoms with E-state index in [1.807, 2.05) is 63.5 Å². The molecule has 0 aliphatic carbocycles. The third-order valence-corrected chi connectivity index (χ3v) is 4.28. The number of nitro groups is 1. The summed E-state index contributed by atoms with van der Waals surface area (Å²) in [5, 5.41) is 11.3. The van der Waals surface area contributed by atoms with E-state index in [2.05, 4.69) is 16.7 Å². The highest BCUT2D eigenvalue weighted by atomic mass is 16.6. The SMILES string of the molecule is Cc1cc([N+](=O)[O-])c(OC(C)C)cc1-c1cc[n+](Cc2ccccc2)cc1. The third-order valence-electron chi connectivity index (χ3n) is 4.28. The van der Waals surface area contributed by atoms with E-state index in [1.165, 1.54) is 5.56 Å². The van der Waals surface area contributed by atoms with Crippen LogP contribution in [0.2, 0.25) is 0 Å². The lowest BCUT2D eigenvalue weighted by molar-refractivity contribution is -0.688. The summed E-state index contributed by atoms with van der Waals surface area (Å²) in [7, 11) is 0. The quantitative estimate of drug-likeness (QED) is 0.363. The molecule has 1 aromatic heterocycles. The maximum Gasteiger partial charge on any atom is 0.311 e. The summed E-state index contributed by atoms with van der Waals surface area (Å²) in [6.45, 7) is 6.39. The lowest BCUT2D eigenvalue weighted by atomic mass is 10.00. The Balaban J connectivity index is 1.92. The second kappa shape index (κ2) is 7.99. The number of hydrogen-bond acceptors (Lipinski definition) is 3. The molecule has 0 atom stereocenters. The van der Waals surface area contributed by atoms with E-state index in [9.17, 15) is 10.1 Å². The Labute approximate surface area is 159 Å². The zero-order chi connectivity index (χ0) is 19.4. The predicted molar refractivity (Wildman–Crippen MR) is 105 cm³/mol. The van der Waals surface area contributed by atoms with Crippen molar-refractivity contribution in [2.75, 3.05) is 0 Å². The lowest BCUT2D eigenvalue weighted by Crippen LogP contribution is -2.32. The van der Waals surface area contributed by atoms with Crippen LogP contribution in [0.3, 0.4) is 0 Å². The highest BCUT2D eigenvalue weighted by molar-refractivity contribution is 5.71. The molecule has 3 rings (SSSR count). The van der Waals surface area contributed by atoms with Gasteiger partial charge in [-0.3, -0.25) is 10.1 Å². The molecule has 1 heterocycles. The van der Waals surface area contributed by atoms with Gasteiger partial charge >= 0.3 is 5.69 Å². The zero-order valence-corrected chi connectivity index (χ0v) is 15.8. The molecule has 0 amide bonds. The number of hydrogen-bond donors (Lipinski definition) is 0. The van der Waals surface area contributed by atoms with Crippen LogP contribution in [0.25, 0.3) is 11.1 Å². The van der Waals surface area contributed by atoms with Gasteiger partial charge in [-0.1, -0.05) is 30.3 Å². The molecule has 0 aliphatic heterocycles. The highest BCUT2D eigenvalue weighted by Gasteiger charge is 2.20. The Morgan fingerprint density at radius 2 is 1.74 bits per heavy atom. The van der Waals surface area contributed by atoms with E-state index >= 15 is 0 Å². The molecule has 0 saturated carbocycles. The van der Waals surface area contributed by atoms with Crippen molar-refractivity contribution in [3.05, 3.63) is 88.2 Å². The molecule has 3 aromatic rings. The van der Waals surface area contributed by atoms with Crippen LogP contribution in [0.4, 0.5) is 5.69 Å². The summed E-state index contributed by atoms with van der Waals surface area (Å²) >= 11 is 0. The summed E-state index contributed by atoms with van der Waals surface area (Å²) in [5.74, 6) is 0.302. The molecule has 5 nitrogen and oxygen atoms in total. The molecule has 0 bridgehead atoms. The Bertz CT molecular complexity index is 936. The summed E-state index contributed by atoms with van der Waals surface area (Å²) in [5.41, 5.74) is 4.01. The van der Waals surface area contributed by atoms with Crippen molar-refractivity contribution in [1.29, 1.82) is 0 Å². The molecule has 2 aromatic carbocycles. The fraction of sp³-hybridized carbons (Fsp3) is 0.227. The maximum absolute atomic E-state index is 11.3. The molecule has 27 heavy (non-hydrogen) atoms. The second-order valence-corrected chi connectivity index (χ2v) is 6.80. The van der Waals surface area contributed by atoms with E-state index in [4.69, 9.17) is 4.74 Å². The molecule has 5 heteroatoms.